The van der Waals surface area contributed by atoms with Crippen LogP contribution in [-0.4, -0.2) is 39.1 Å². The Balaban J connectivity index is 1.96. The molecule has 2 atom stereocenters. The van der Waals surface area contributed by atoms with Gasteiger partial charge in [-0.2, -0.15) is 5.21 Å². The maximum absolute atomic E-state index is 11.8. The predicted octanol–water partition coefficient (Wildman–Crippen LogP) is -0.474. The van der Waals surface area contributed by atoms with Crippen LogP contribution in [0.4, 0.5) is 5.95 Å². The van der Waals surface area contributed by atoms with E-state index in [1.807, 2.05) is 0 Å². The molecule has 1 aromatic rings. The molecule has 0 aliphatic carbocycles. The fourth-order valence-electron chi connectivity index (χ4n) is 1.93. The normalized spacial score (nSPS) is 25.4. The Morgan fingerprint density at radius 2 is 2.53 bits per heavy atom. The number of carbonyl (C=O) groups is 1. The second kappa shape index (κ2) is 4.35. The zero-order valence-electron chi connectivity index (χ0n) is 8.53. The number of aromatic amines is 1. The van der Waals surface area contributed by atoms with Gasteiger partial charge in [-0.3, -0.25) is 10.1 Å². The third-order valence-corrected chi connectivity index (χ3v) is 2.70. The number of hydrogen-bond donors (Lipinski definition) is 3. The van der Waals surface area contributed by atoms with Crippen LogP contribution in [0.25, 0.3) is 0 Å². The summed E-state index contributed by atoms with van der Waals surface area (Å²) in [7, 11) is 0. The van der Waals surface area contributed by atoms with Gasteiger partial charge in [0.2, 0.25) is 5.91 Å². The van der Waals surface area contributed by atoms with Crippen LogP contribution >= 0.6 is 0 Å². The highest BCUT2D eigenvalue weighted by molar-refractivity contribution is 5.91. The summed E-state index contributed by atoms with van der Waals surface area (Å²) in [5.74, 6) is 0.212. The minimum atomic E-state index is -0.0340. The first-order chi connectivity index (χ1) is 7.31. The second-order valence-corrected chi connectivity index (χ2v) is 3.59. The van der Waals surface area contributed by atoms with Crippen LogP contribution in [0, 0.1) is 5.92 Å². The predicted molar refractivity (Wildman–Crippen MR) is 53.0 cm³/mol. The van der Waals surface area contributed by atoms with E-state index >= 15 is 0 Å². The number of H-pyrrole nitrogens is 1. The van der Waals surface area contributed by atoms with Crippen molar-refractivity contribution in [1.82, 2.24) is 25.9 Å². The summed E-state index contributed by atoms with van der Waals surface area (Å²) in [6.07, 6.45) is 1.81. The van der Waals surface area contributed by atoms with Crippen molar-refractivity contribution in [3.8, 4) is 0 Å². The first-order valence-corrected chi connectivity index (χ1v) is 5.09. The van der Waals surface area contributed by atoms with Gasteiger partial charge in [-0.1, -0.05) is 12.0 Å². The molecule has 0 saturated carbocycles. The number of nitrogens with one attached hydrogen (secondary N) is 3. The molecule has 1 aliphatic rings. The Labute approximate surface area is 87.0 Å². The summed E-state index contributed by atoms with van der Waals surface area (Å²) in [6, 6.07) is 0.261. The maximum atomic E-state index is 11.8. The van der Waals surface area contributed by atoms with E-state index in [0.29, 0.717) is 0 Å². The third kappa shape index (κ3) is 2.12. The monoisotopic (exact) mass is 210 g/mol. The lowest BCUT2D eigenvalue weighted by Crippen LogP contribution is -2.34. The molecule has 1 amide bonds. The Morgan fingerprint density at radius 3 is 3.20 bits per heavy atom. The van der Waals surface area contributed by atoms with E-state index in [0.717, 1.165) is 19.4 Å². The molecule has 1 saturated heterocycles. The molecule has 1 aromatic heterocycles. The van der Waals surface area contributed by atoms with Crippen molar-refractivity contribution >= 4 is 11.9 Å². The molecule has 0 spiro atoms. The Kier molecular flexibility index (Phi) is 2.91. The summed E-state index contributed by atoms with van der Waals surface area (Å²) in [4.78, 5) is 11.8. The summed E-state index contributed by atoms with van der Waals surface area (Å²) < 4.78 is 0. The third-order valence-electron chi connectivity index (χ3n) is 2.70. The van der Waals surface area contributed by atoms with Crippen LogP contribution in [0.5, 0.6) is 0 Å². The molecule has 7 nitrogen and oxygen atoms in total. The number of tetrazole rings is 1. The summed E-state index contributed by atoms with van der Waals surface area (Å²) >= 11 is 0. The van der Waals surface area contributed by atoms with Crippen molar-refractivity contribution in [3.63, 3.8) is 0 Å². The average molecular weight is 210 g/mol. The summed E-state index contributed by atoms with van der Waals surface area (Å²) in [5.41, 5.74) is 0. The zero-order chi connectivity index (χ0) is 10.7. The molecule has 2 unspecified atom stereocenters. The van der Waals surface area contributed by atoms with E-state index < -0.39 is 0 Å². The average Bonchev–Trinajstić information content (AvgIpc) is 2.86. The van der Waals surface area contributed by atoms with Crippen LogP contribution in [-0.2, 0) is 4.79 Å². The number of nitrogens with zero attached hydrogens (tertiary/aromatic N) is 3. The molecular formula is C8H14N6O. The largest absolute Gasteiger partial charge is 0.313 e. The van der Waals surface area contributed by atoms with Crippen molar-refractivity contribution in [2.45, 2.75) is 25.8 Å². The number of hydrogen-bond acceptors (Lipinski definition) is 5. The first kappa shape index (κ1) is 10.0. The molecule has 2 rings (SSSR count). The van der Waals surface area contributed by atoms with Gasteiger partial charge in [-0.25, -0.2) is 0 Å². The van der Waals surface area contributed by atoms with Crippen LogP contribution in [0.2, 0.25) is 0 Å². The number of amides is 1. The topological polar surface area (TPSA) is 95.6 Å². The van der Waals surface area contributed by atoms with Crippen LogP contribution < -0.4 is 10.6 Å². The Morgan fingerprint density at radius 1 is 1.67 bits per heavy atom. The van der Waals surface area contributed by atoms with Gasteiger partial charge in [0.25, 0.3) is 5.95 Å². The van der Waals surface area contributed by atoms with E-state index in [2.05, 4.69) is 38.2 Å². The Bertz CT molecular complexity index is 324. The van der Waals surface area contributed by atoms with Crippen molar-refractivity contribution < 1.29 is 4.79 Å². The van der Waals surface area contributed by atoms with Gasteiger partial charge in [0.05, 0.1) is 5.92 Å². The molecule has 0 bridgehead atoms. The van der Waals surface area contributed by atoms with Crippen LogP contribution in [0.15, 0.2) is 0 Å². The number of carbonyl (C=O) groups excluding carboxylic acids is 1. The molecule has 7 heteroatoms. The van der Waals surface area contributed by atoms with Gasteiger partial charge < -0.3 is 5.32 Å². The lowest BCUT2D eigenvalue weighted by molar-refractivity contribution is -0.120. The minimum absolute atomic E-state index is 0.00787. The molecule has 1 fully saturated rings. The van der Waals surface area contributed by atoms with E-state index in [1.165, 1.54) is 0 Å². The summed E-state index contributed by atoms with van der Waals surface area (Å²) in [5, 5.41) is 18.9. The van der Waals surface area contributed by atoms with Gasteiger partial charge in [0.1, 0.15) is 0 Å². The molecule has 0 radical (unpaired) electrons. The van der Waals surface area contributed by atoms with Crippen LogP contribution in [0.3, 0.4) is 0 Å². The number of rotatable bonds is 3. The molecular weight excluding hydrogens is 196 g/mol. The minimum Gasteiger partial charge on any atom is -0.313 e. The van der Waals surface area contributed by atoms with E-state index in [1.54, 1.807) is 0 Å². The summed E-state index contributed by atoms with van der Waals surface area (Å²) in [6.45, 7) is 2.96. The quantitative estimate of drug-likeness (QED) is 0.626. The highest BCUT2D eigenvalue weighted by Crippen LogP contribution is 2.19. The van der Waals surface area contributed by atoms with Crippen molar-refractivity contribution in [3.05, 3.63) is 0 Å². The SMILES string of the molecule is CCC1NCCC1C(=O)Nc1nn[nH]n1. The van der Waals surface area contributed by atoms with E-state index in [9.17, 15) is 4.79 Å². The van der Waals surface area contributed by atoms with Gasteiger partial charge in [0.15, 0.2) is 0 Å². The standard InChI is InChI=1S/C8H14N6O/c1-2-6-5(3-4-9-6)7(15)10-8-11-13-14-12-8/h5-6,9H,2-4H2,1H3,(H2,10,11,12,13,14,15). The lowest BCUT2D eigenvalue weighted by atomic mass is 9.98. The second-order valence-electron chi connectivity index (χ2n) is 3.59. The molecule has 2 heterocycles. The van der Waals surface area contributed by atoms with Gasteiger partial charge >= 0.3 is 0 Å². The van der Waals surface area contributed by atoms with Crippen molar-refractivity contribution in [2.24, 2.45) is 5.92 Å². The zero-order valence-corrected chi connectivity index (χ0v) is 8.53. The number of aromatic nitrogens is 4. The molecule has 3 N–H and O–H groups in total. The van der Waals surface area contributed by atoms with Gasteiger partial charge in [-0.15, -0.1) is 5.10 Å². The number of anilines is 1. The fraction of sp³-hybridized carbons (Fsp3) is 0.750. The highest BCUT2D eigenvalue weighted by Gasteiger charge is 2.31. The molecule has 82 valence electrons. The molecule has 15 heavy (non-hydrogen) atoms. The van der Waals surface area contributed by atoms with Gasteiger partial charge in [0, 0.05) is 6.04 Å². The van der Waals surface area contributed by atoms with E-state index in [-0.39, 0.29) is 23.8 Å². The molecule has 0 aromatic carbocycles. The lowest BCUT2D eigenvalue weighted by Gasteiger charge is -2.15. The molecule has 1 aliphatic heterocycles. The van der Waals surface area contributed by atoms with Crippen molar-refractivity contribution in [2.75, 3.05) is 11.9 Å². The highest BCUT2D eigenvalue weighted by atomic mass is 16.2. The first-order valence-electron chi connectivity index (χ1n) is 5.09. The van der Waals surface area contributed by atoms with Gasteiger partial charge in [-0.05, 0) is 24.6 Å². The van der Waals surface area contributed by atoms with Crippen molar-refractivity contribution in [1.29, 1.82) is 0 Å². The fourth-order valence-corrected chi connectivity index (χ4v) is 1.93. The smallest absolute Gasteiger partial charge is 0.269 e. The maximum Gasteiger partial charge on any atom is 0.269 e. The van der Waals surface area contributed by atoms with E-state index in [4.69, 9.17) is 0 Å². The Hall–Kier alpha value is -1.50. The van der Waals surface area contributed by atoms with Crippen LogP contribution in [0.1, 0.15) is 19.8 Å².